The minimum Gasteiger partial charge on any atom is -0.383 e. The van der Waals surface area contributed by atoms with Crippen molar-refractivity contribution in [3.8, 4) is 0 Å². The van der Waals surface area contributed by atoms with Crippen LogP contribution in [-0.2, 0) is 12.8 Å². The lowest BCUT2D eigenvalue weighted by Crippen LogP contribution is -2.15. The number of rotatable bonds is 1. The number of hydrogen-bond donors (Lipinski definition) is 2. The summed E-state index contributed by atoms with van der Waals surface area (Å²) >= 11 is 0. The minimum absolute atomic E-state index is 0.243. The van der Waals surface area contributed by atoms with Gasteiger partial charge in [-0.15, -0.1) is 0 Å². The number of nitrogens with zero attached hydrogens (tertiary/aromatic N) is 2. The molecular weight excluding hydrogens is 224 g/mol. The maximum Gasteiger partial charge on any atom is 0.221 e. The van der Waals surface area contributed by atoms with Crippen LogP contribution in [0, 0.1) is 0 Å². The summed E-state index contributed by atoms with van der Waals surface area (Å²) in [6.07, 6.45) is 4.96. The second-order valence-corrected chi connectivity index (χ2v) is 4.78. The average molecular weight is 240 g/mol. The van der Waals surface area contributed by atoms with Gasteiger partial charge in [-0.2, -0.15) is 4.98 Å². The second-order valence-electron chi connectivity index (χ2n) is 4.78. The number of anilines is 2. The topological polar surface area (TPSA) is 77.8 Å². The Bertz CT molecular complexity index is 580. The first-order valence-electron chi connectivity index (χ1n) is 6.18. The van der Waals surface area contributed by atoms with E-state index in [4.69, 9.17) is 11.5 Å². The van der Waals surface area contributed by atoms with Gasteiger partial charge < -0.3 is 11.5 Å². The van der Waals surface area contributed by atoms with E-state index in [0.29, 0.717) is 11.7 Å². The van der Waals surface area contributed by atoms with Crippen LogP contribution in [0.2, 0.25) is 0 Å². The zero-order chi connectivity index (χ0) is 12.5. The quantitative estimate of drug-likeness (QED) is 0.798. The van der Waals surface area contributed by atoms with E-state index in [9.17, 15) is 0 Å². The van der Waals surface area contributed by atoms with Crippen molar-refractivity contribution in [1.29, 1.82) is 0 Å². The molecule has 1 aromatic heterocycles. The van der Waals surface area contributed by atoms with Gasteiger partial charge in [0.05, 0.1) is 0 Å². The number of hydrogen-bond acceptors (Lipinski definition) is 4. The Labute approximate surface area is 106 Å². The molecule has 0 saturated carbocycles. The molecule has 4 N–H and O–H groups in total. The zero-order valence-corrected chi connectivity index (χ0v) is 10.1. The molecule has 0 saturated heterocycles. The fourth-order valence-corrected chi connectivity index (χ4v) is 2.70. The Morgan fingerprint density at radius 2 is 1.89 bits per heavy atom. The molecule has 0 radical (unpaired) electrons. The smallest absolute Gasteiger partial charge is 0.221 e. The summed E-state index contributed by atoms with van der Waals surface area (Å²) in [5, 5.41) is 0. The number of aryl methyl sites for hydroxylation is 1. The Kier molecular flexibility index (Phi) is 2.63. The van der Waals surface area contributed by atoms with E-state index >= 15 is 0 Å². The molecule has 18 heavy (non-hydrogen) atoms. The number of benzene rings is 1. The normalized spacial score (nSPS) is 18.3. The molecule has 1 heterocycles. The van der Waals surface area contributed by atoms with Crippen molar-refractivity contribution in [2.75, 3.05) is 11.5 Å². The Balaban J connectivity index is 1.92. The van der Waals surface area contributed by atoms with Gasteiger partial charge in [-0.25, -0.2) is 4.98 Å². The van der Waals surface area contributed by atoms with Crippen LogP contribution in [0.15, 0.2) is 30.5 Å². The summed E-state index contributed by atoms with van der Waals surface area (Å²) in [6, 6.07) is 8.58. The maximum absolute atomic E-state index is 5.94. The van der Waals surface area contributed by atoms with Crippen LogP contribution in [0.3, 0.4) is 0 Å². The van der Waals surface area contributed by atoms with Gasteiger partial charge in [-0.05, 0) is 36.3 Å². The first-order chi connectivity index (χ1) is 8.74. The monoisotopic (exact) mass is 240 g/mol. The molecule has 0 fully saturated rings. The van der Waals surface area contributed by atoms with Crippen LogP contribution in [0.4, 0.5) is 11.8 Å². The van der Waals surface area contributed by atoms with E-state index in [2.05, 4.69) is 34.2 Å². The molecule has 1 aromatic carbocycles. The van der Waals surface area contributed by atoms with Crippen LogP contribution >= 0.6 is 0 Å². The summed E-state index contributed by atoms with van der Waals surface area (Å²) in [6.45, 7) is 0. The molecule has 3 rings (SSSR count). The van der Waals surface area contributed by atoms with Crippen LogP contribution in [0.25, 0.3) is 0 Å². The van der Waals surface area contributed by atoms with Gasteiger partial charge >= 0.3 is 0 Å². The van der Waals surface area contributed by atoms with Gasteiger partial charge in [-0.3, -0.25) is 0 Å². The highest BCUT2D eigenvalue weighted by atomic mass is 15.0. The number of fused-ring (bicyclic) bond motifs is 1. The predicted octanol–water partition coefficient (Wildman–Crippen LogP) is 1.91. The van der Waals surface area contributed by atoms with Gasteiger partial charge in [0.25, 0.3) is 0 Å². The first kappa shape index (κ1) is 11.0. The van der Waals surface area contributed by atoms with E-state index in [1.807, 2.05) is 0 Å². The van der Waals surface area contributed by atoms with Crippen molar-refractivity contribution >= 4 is 11.8 Å². The van der Waals surface area contributed by atoms with E-state index in [1.54, 1.807) is 6.20 Å². The van der Waals surface area contributed by atoms with Crippen molar-refractivity contribution < 1.29 is 0 Å². The molecular formula is C14H16N4. The highest BCUT2D eigenvalue weighted by Gasteiger charge is 2.22. The summed E-state index contributed by atoms with van der Waals surface area (Å²) in [7, 11) is 0. The van der Waals surface area contributed by atoms with Crippen LogP contribution in [0.5, 0.6) is 0 Å². The molecule has 1 aliphatic rings. The Hall–Kier alpha value is -2.10. The molecule has 0 unspecified atom stereocenters. The lowest BCUT2D eigenvalue weighted by atomic mass is 9.81. The van der Waals surface area contributed by atoms with Crippen molar-refractivity contribution in [1.82, 2.24) is 9.97 Å². The third kappa shape index (κ3) is 1.90. The Morgan fingerprint density at radius 1 is 1.11 bits per heavy atom. The fourth-order valence-electron chi connectivity index (χ4n) is 2.70. The minimum atomic E-state index is 0.243. The number of aromatic nitrogens is 2. The number of nitrogen functional groups attached to an aromatic ring is 2. The third-order valence-electron chi connectivity index (χ3n) is 3.65. The fraction of sp³-hybridized carbons (Fsp3) is 0.286. The van der Waals surface area contributed by atoms with Crippen molar-refractivity contribution in [2.24, 2.45) is 0 Å². The van der Waals surface area contributed by atoms with Crippen LogP contribution in [-0.4, -0.2) is 9.97 Å². The molecule has 4 heteroatoms. The van der Waals surface area contributed by atoms with Crippen LogP contribution in [0.1, 0.15) is 29.0 Å². The summed E-state index contributed by atoms with van der Waals surface area (Å²) < 4.78 is 0. The average Bonchev–Trinajstić information content (AvgIpc) is 2.38. The summed E-state index contributed by atoms with van der Waals surface area (Å²) in [4.78, 5) is 8.11. The van der Waals surface area contributed by atoms with E-state index in [-0.39, 0.29) is 5.95 Å². The molecule has 4 nitrogen and oxygen atoms in total. The predicted molar refractivity (Wildman–Crippen MR) is 72.1 cm³/mol. The molecule has 0 spiro atoms. The van der Waals surface area contributed by atoms with E-state index in [1.165, 1.54) is 11.1 Å². The molecule has 1 aliphatic carbocycles. The second kappa shape index (κ2) is 4.29. The molecule has 92 valence electrons. The third-order valence-corrected chi connectivity index (χ3v) is 3.65. The highest BCUT2D eigenvalue weighted by Crippen LogP contribution is 2.34. The zero-order valence-electron chi connectivity index (χ0n) is 10.1. The van der Waals surface area contributed by atoms with Crippen molar-refractivity contribution in [3.05, 3.63) is 47.2 Å². The van der Waals surface area contributed by atoms with Gasteiger partial charge in [0.15, 0.2) is 0 Å². The highest BCUT2D eigenvalue weighted by molar-refractivity contribution is 5.45. The van der Waals surface area contributed by atoms with Crippen molar-refractivity contribution in [2.45, 2.75) is 25.2 Å². The van der Waals surface area contributed by atoms with Crippen LogP contribution < -0.4 is 11.5 Å². The SMILES string of the molecule is Nc1ncc([C@@H]2CCc3ccccc3C2)c(N)n1. The van der Waals surface area contributed by atoms with Gasteiger partial charge in [0.2, 0.25) is 5.95 Å². The molecule has 1 atom stereocenters. The van der Waals surface area contributed by atoms with E-state index in [0.717, 1.165) is 24.8 Å². The summed E-state index contributed by atoms with van der Waals surface area (Å²) in [5.74, 6) is 1.17. The van der Waals surface area contributed by atoms with Gasteiger partial charge in [-0.1, -0.05) is 24.3 Å². The maximum atomic E-state index is 5.94. The first-order valence-corrected chi connectivity index (χ1v) is 6.18. The van der Waals surface area contributed by atoms with Gasteiger partial charge in [0, 0.05) is 11.8 Å². The Morgan fingerprint density at radius 3 is 2.67 bits per heavy atom. The standard InChI is InChI=1S/C14H16N4/c15-13-12(8-17-14(16)18-13)11-6-5-9-3-1-2-4-10(9)7-11/h1-4,8,11H,5-7H2,(H4,15,16,17,18)/t11-/m1/s1. The van der Waals surface area contributed by atoms with E-state index < -0.39 is 0 Å². The summed E-state index contributed by atoms with van der Waals surface area (Å²) in [5.41, 5.74) is 15.4. The molecule has 0 amide bonds. The van der Waals surface area contributed by atoms with Gasteiger partial charge in [0.1, 0.15) is 5.82 Å². The van der Waals surface area contributed by atoms with Crippen molar-refractivity contribution in [3.63, 3.8) is 0 Å². The lowest BCUT2D eigenvalue weighted by Gasteiger charge is -2.25. The molecule has 0 aliphatic heterocycles. The molecule has 0 bridgehead atoms. The number of nitrogens with two attached hydrogens (primary N) is 2. The largest absolute Gasteiger partial charge is 0.383 e. The lowest BCUT2D eigenvalue weighted by molar-refractivity contribution is 0.583. The molecule has 2 aromatic rings.